The van der Waals surface area contributed by atoms with Gasteiger partial charge in [-0.2, -0.15) is 0 Å². The van der Waals surface area contributed by atoms with Gasteiger partial charge in [-0.05, 0) is 30.4 Å². The van der Waals surface area contributed by atoms with Crippen molar-refractivity contribution in [2.75, 3.05) is 13.1 Å². The zero-order valence-electron chi connectivity index (χ0n) is 11.4. The minimum Gasteiger partial charge on any atom is -0.358 e. The Balaban J connectivity index is 1.75. The van der Waals surface area contributed by atoms with Crippen molar-refractivity contribution in [3.63, 3.8) is 0 Å². The van der Waals surface area contributed by atoms with Gasteiger partial charge in [0.25, 0.3) is 0 Å². The van der Waals surface area contributed by atoms with Gasteiger partial charge in [0.1, 0.15) is 0 Å². The molecule has 1 unspecified atom stereocenters. The Bertz CT molecular complexity index is 554. The zero-order chi connectivity index (χ0) is 13.2. The first-order chi connectivity index (χ1) is 9.28. The van der Waals surface area contributed by atoms with E-state index < -0.39 is 0 Å². The number of fused-ring (bicyclic) bond motifs is 1. The summed E-state index contributed by atoms with van der Waals surface area (Å²) in [6.45, 7) is 3.83. The smallest absolute Gasteiger partial charge is 0.222 e. The molecule has 1 aromatic heterocycles. The van der Waals surface area contributed by atoms with Gasteiger partial charge in [-0.25, -0.2) is 0 Å². The number of aromatic nitrogens is 1. The van der Waals surface area contributed by atoms with E-state index >= 15 is 0 Å². The number of carbonyl (C=O) groups excluding carboxylic acids is 1. The number of H-pyrrole nitrogens is 1. The fourth-order valence-electron chi connectivity index (χ4n) is 2.93. The van der Waals surface area contributed by atoms with Crippen LogP contribution >= 0.6 is 0 Å². The number of carbonyl (C=O) groups is 1. The fourth-order valence-corrected chi connectivity index (χ4v) is 2.93. The van der Waals surface area contributed by atoms with Gasteiger partial charge in [-0.1, -0.05) is 25.1 Å². The minimum atomic E-state index is 0.307. The lowest BCUT2D eigenvalue weighted by atomic mass is 10.1. The standard InChI is InChI=1S/C16H20N2O/c1-2-5-16(19)18-9-8-13(11-18)15-10-12-6-3-4-7-14(12)17-15/h3-4,6-7,10,13,17H,2,5,8-9,11H2,1H3. The Morgan fingerprint density at radius 1 is 1.42 bits per heavy atom. The molecule has 3 rings (SSSR count). The molecule has 1 aliphatic rings. The third kappa shape index (κ3) is 2.37. The van der Waals surface area contributed by atoms with Gasteiger partial charge in [-0.15, -0.1) is 0 Å². The predicted molar refractivity (Wildman–Crippen MR) is 77.1 cm³/mol. The first-order valence-electron chi connectivity index (χ1n) is 7.13. The maximum absolute atomic E-state index is 11.9. The van der Waals surface area contributed by atoms with E-state index in [2.05, 4.69) is 36.2 Å². The number of likely N-dealkylation sites (tertiary alicyclic amines) is 1. The molecule has 1 aliphatic heterocycles. The van der Waals surface area contributed by atoms with Crippen LogP contribution in [0.25, 0.3) is 10.9 Å². The molecular weight excluding hydrogens is 236 g/mol. The number of nitrogens with one attached hydrogen (secondary N) is 1. The van der Waals surface area contributed by atoms with Gasteiger partial charge in [0.05, 0.1) is 0 Å². The fraction of sp³-hybridized carbons (Fsp3) is 0.438. The van der Waals surface area contributed by atoms with E-state index in [9.17, 15) is 4.79 Å². The number of benzene rings is 1. The lowest BCUT2D eigenvalue weighted by molar-refractivity contribution is -0.130. The van der Waals surface area contributed by atoms with Crippen LogP contribution < -0.4 is 0 Å². The van der Waals surface area contributed by atoms with Gasteiger partial charge in [0.2, 0.25) is 5.91 Å². The first-order valence-corrected chi connectivity index (χ1v) is 7.13. The Hall–Kier alpha value is -1.77. The first kappa shape index (κ1) is 12.3. The van der Waals surface area contributed by atoms with Crippen LogP contribution in [0.3, 0.4) is 0 Å². The largest absolute Gasteiger partial charge is 0.358 e. The van der Waals surface area contributed by atoms with E-state index in [0.29, 0.717) is 18.2 Å². The Morgan fingerprint density at radius 2 is 2.26 bits per heavy atom. The molecule has 1 fully saturated rings. The van der Waals surface area contributed by atoms with Gasteiger partial charge in [0, 0.05) is 36.6 Å². The number of nitrogens with zero attached hydrogens (tertiary/aromatic N) is 1. The zero-order valence-corrected chi connectivity index (χ0v) is 11.4. The summed E-state index contributed by atoms with van der Waals surface area (Å²) in [7, 11) is 0. The quantitative estimate of drug-likeness (QED) is 0.898. The van der Waals surface area contributed by atoms with Crippen LogP contribution in [0, 0.1) is 0 Å². The molecule has 0 radical (unpaired) electrons. The highest BCUT2D eigenvalue weighted by atomic mass is 16.2. The molecule has 100 valence electrons. The van der Waals surface area contributed by atoms with Gasteiger partial charge >= 0.3 is 0 Å². The molecule has 1 saturated heterocycles. The van der Waals surface area contributed by atoms with E-state index in [1.807, 2.05) is 11.0 Å². The summed E-state index contributed by atoms with van der Waals surface area (Å²) in [6, 6.07) is 10.6. The molecule has 0 aliphatic carbocycles. The molecule has 1 aromatic carbocycles. The average molecular weight is 256 g/mol. The van der Waals surface area contributed by atoms with Crippen LogP contribution in [0.1, 0.15) is 37.8 Å². The lowest BCUT2D eigenvalue weighted by Gasteiger charge is -2.15. The second kappa shape index (κ2) is 5.08. The van der Waals surface area contributed by atoms with Gasteiger partial charge in [0.15, 0.2) is 0 Å². The molecule has 1 amide bonds. The van der Waals surface area contributed by atoms with Crippen molar-refractivity contribution >= 4 is 16.8 Å². The summed E-state index contributed by atoms with van der Waals surface area (Å²) >= 11 is 0. The summed E-state index contributed by atoms with van der Waals surface area (Å²) in [5.41, 5.74) is 2.46. The number of aromatic amines is 1. The van der Waals surface area contributed by atoms with Crippen molar-refractivity contribution in [3.05, 3.63) is 36.0 Å². The normalized spacial score (nSPS) is 19.2. The molecular formula is C16H20N2O. The maximum atomic E-state index is 11.9. The molecule has 3 heteroatoms. The third-order valence-electron chi connectivity index (χ3n) is 4.00. The Labute approximate surface area is 113 Å². The van der Waals surface area contributed by atoms with Crippen LogP contribution in [-0.2, 0) is 4.79 Å². The Kier molecular flexibility index (Phi) is 3.28. The van der Waals surface area contributed by atoms with E-state index in [1.54, 1.807) is 0 Å². The molecule has 1 N–H and O–H groups in total. The van der Waals surface area contributed by atoms with E-state index in [-0.39, 0.29) is 0 Å². The monoisotopic (exact) mass is 256 g/mol. The summed E-state index contributed by atoms with van der Waals surface area (Å²) in [5.74, 6) is 0.773. The van der Waals surface area contributed by atoms with Crippen molar-refractivity contribution in [1.29, 1.82) is 0 Å². The predicted octanol–water partition coefficient (Wildman–Crippen LogP) is 3.28. The second-order valence-electron chi connectivity index (χ2n) is 5.39. The van der Waals surface area contributed by atoms with Crippen molar-refractivity contribution in [3.8, 4) is 0 Å². The topological polar surface area (TPSA) is 36.1 Å². The second-order valence-corrected chi connectivity index (χ2v) is 5.39. The molecule has 3 nitrogen and oxygen atoms in total. The lowest BCUT2D eigenvalue weighted by Crippen LogP contribution is -2.27. The number of rotatable bonds is 3. The highest BCUT2D eigenvalue weighted by Gasteiger charge is 2.27. The number of para-hydroxylation sites is 1. The van der Waals surface area contributed by atoms with Crippen molar-refractivity contribution in [1.82, 2.24) is 9.88 Å². The SMILES string of the molecule is CCCC(=O)N1CCC(c2cc3ccccc3[nH]2)C1. The average Bonchev–Trinajstić information content (AvgIpc) is 3.05. The van der Waals surface area contributed by atoms with Crippen LogP contribution in [0.15, 0.2) is 30.3 Å². The molecule has 0 spiro atoms. The number of hydrogen-bond acceptors (Lipinski definition) is 1. The molecule has 1 atom stereocenters. The van der Waals surface area contributed by atoms with Crippen LogP contribution in [0.2, 0.25) is 0 Å². The summed E-state index contributed by atoms with van der Waals surface area (Å²) in [6.07, 6.45) is 2.69. The summed E-state index contributed by atoms with van der Waals surface area (Å²) < 4.78 is 0. The van der Waals surface area contributed by atoms with Gasteiger partial charge in [-0.3, -0.25) is 4.79 Å². The molecule has 0 bridgehead atoms. The molecule has 0 saturated carbocycles. The van der Waals surface area contributed by atoms with Crippen LogP contribution in [0.5, 0.6) is 0 Å². The molecule has 2 aromatic rings. The number of hydrogen-bond donors (Lipinski definition) is 1. The van der Waals surface area contributed by atoms with Crippen molar-refractivity contribution in [2.45, 2.75) is 32.1 Å². The van der Waals surface area contributed by atoms with Gasteiger partial charge < -0.3 is 9.88 Å². The third-order valence-corrected chi connectivity index (χ3v) is 4.00. The van der Waals surface area contributed by atoms with E-state index in [0.717, 1.165) is 25.9 Å². The van der Waals surface area contributed by atoms with Crippen LogP contribution in [-0.4, -0.2) is 28.9 Å². The minimum absolute atomic E-state index is 0.307. The highest BCUT2D eigenvalue weighted by Crippen LogP contribution is 2.29. The van der Waals surface area contributed by atoms with E-state index in [1.165, 1.54) is 16.6 Å². The van der Waals surface area contributed by atoms with Crippen LogP contribution in [0.4, 0.5) is 0 Å². The van der Waals surface area contributed by atoms with Crippen molar-refractivity contribution in [2.24, 2.45) is 0 Å². The molecule has 19 heavy (non-hydrogen) atoms. The number of amides is 1. The van der Waals surface area contributed by atoms with E-state index in [4.69, 9.17) is 0 Å². The Morgan fingerprint density at radius 3 is 3.05 bits per heavy atom. The maximum Gasteiger partial charge on any atom is 0.222 e. The van der Waals surface area contributed by atoms with Crippen molar-refractivity contribution < 1.29 is 4.79 Å². The highest BCUT2D eigenvalue weighted by molar-refractivity contribution is 5.80. The summed E-state index contributed by atoms with van der Waals surface area (Å²) in [4.78, 5) is 17.4. The summed E-state index contributed by atoms with van der Waals surface area (Å²) in [5, 5.41) is 1.26. The molecule has 2 heterocycles.